The molecule has 2 heteroatoms. The van der Waals surface area contributed by atoms with Gasteiger partial charge in [-0.2, -0.15) is 0 Å². The molecule has 0 amide bonds. The first-order valence-electron chi connectivity index (χ1n) is 4.54. The van der Waals surface area contributed by atoms with Crippen LogP contribution in [0.2, 0.25) is 0 Å². The zero-order valence-corrected chi connectivity index (χ0v) is 9.56. The maximum Gasteiger partial charge on any atom is 0.0353 e. The van der Waals surface area contributed by atoms with Crippen LogP contribution in [0.4, 0.5) is 0 Å². The lowest BCUT2D eigenvalue weighted by Crippen LogP contribution is -2.24. The summed E-state index contributed by atoms with van der Waals surface area (Å²) >= 11 is 3.47. The van der Waals surface area contributed by atoms with Crippen molar-refractivity contribution in [2.24, 2.45) is 11.1 Å². The molecule has 1 aliphatic carbocycles. The van der Waals surface area contributed by atoms with Crippen LogP contribution < -0.4 is 5.73 Å². The van der Waals surface area contributed by atoms with E-state index in [1.54, 1.807) is 0 Å². The summed E-state index contributed by atoms with van der Waals surface area (Å²) in [6.45, 7) is 4.46. The number of rotatable bonds is 0. The van der Waals surface area contributed by atoms with Gasteiger partial charge in [0.15, 0.2) is 0 Å². The quantitative estimate of drug-likeness (QED) is 0.741. The fraction of sp³-hybridized carbons (Fsp3) is 0.455. The first kappa shape index (κ1) is 9.22. The smallest absolute Gasteiger partial charge is 0.0353 e. The van der Waals surface area contributed by atoms with E-state index in [1.807, 2.05) is 0 Å². The van der Waals surface area contributed by atoms with Gasteiger partial charge in [0, 0.05) is 10.5 Å². The molecule has 0 fully saturated rings. The molecule has 1 aromatic rings. The average molecular weight is 240 g/mol. The van der Waals surface area contributed by atoms with Gasteiger partial charge < -0.3 is 5.73 Å². The van der Waals surface area contributed by atoms with E-state index in [1.165, 1.54) is 11.1 Å². The minimum atomic E-state index is 0.181. The van der Waals surface area contributed by atoms with Gasteiger partial charge in [0.25, 0.3) is 0 Å². The number of fused-ring (bicyclic) bond motifs is 1. The van der Waals surface area contributed by atoms with Gasteiger partial charge in [0.1, 0.15) is 0 Å². The standard InChI is InChI=1S/C11H14BrN/c1-11(2)6-7-3-4-8(12)5-9(7)10(11)13/h3-5,10H,6,13H2,1-2H3. The molecule has 70 valence electrons. The Hall–Kier alpha value is -0.340. The number of nitrogens with two attached hydrogens (primary N) is 1. The molecule has 13 heavy (non-hydrogen) atoms. The Bertz CT molecular complexity index is 344. The van der Waals surface area contributed by atoms with E-state index in [4.69, 9.17) is 5.73 Å². The second-order valence-electron chi connectivity index (χ2n) is 4.49. The van der Waals surface area contributed by atoms with Gasteiger partial charge in [-0.3, -0.25) is 0 Å². The lowest BCUT2D eigenvalue weighted by molar-refractivity contribution is 0.319. The van der Waals surface area contributed by atoms with Gasteiger partial charge >= 0.3 is 0 Å². The molecule has 0 spiro atoms. The van der Waals surface area contributed by atoms with Crippen LogP contribution in [0.15, 0.2) is 22.7 Å². The summed E-state index contributed by atoms with van der Waals surface area (Å²) in [5.74, 6) is 0. The minimum absolute atomic E-state index is 0.181. The zero-order valence-electron chi connectivity index (χ0n) is 7.97. The Kier molecular flexibility index (Phi) is 2.00. The van der Waals surface area contributed by atoms with Crippen molar-refractivity contribution in [1.29, 1.82) is 0 Å². The normalized spacial score (nSPS) is 24.5. The van der Waals surface area contributed by atoms with Crippen LogP contribution in [0.25, 0.3) is 0 Å². The fourth-order valence-electron chi connectivity index (χ4n) is 2.04. The highest BCUT2D eigenvalue weighted by Gasteiger charge is 2.36. The minimum Gasteiger partial charge on any atom is -0.323 e. The van der Waals surface area contributed by atoms with Crippen molar-refractivity contribution in [3.05, 3.63) is 33.8 Å². The van der Waals surface area contributed by atoms with Crippen molar-refractivity contribution in [2.45, 2.75) is 26.3 Å². The van der Waals surface area contributed by atoms with E-state index >= 15 is 0 Å². The predicted octanol–water partition coefficient (Wildman–Crippen LogP) is 3.03. The molecule has 2 rings (SSSR count). The molecule has 0 saturated heterocycles. The second-order valence-corrected chi connectivity index (χ2v) is 5.40. The van der Waals surface area contributed by atoms with E-state index in [2.05, 4.69) is 48.0 Å². The Balaban J connectivity index is 2.51. The number of benzene rings is 1. The summed E-state index contributed by atoms with van der Waals surface area (Å²) in [7, 11) is 0. The van der Waals surface area contributed by atoms with Gasteiger partial charge in [-0.05, 0) is 35.1 Å². The highest BCUT2D eigenvalue weighted by atomic mass is 79.9. The number of hydrogen-bond donors (Lipinski definition) is 1. The van der Waals surface area contributed by atoms with Gasteiger partial charge in [0.2, 0.25) is 0 Å². The summed E-state index contributed by atoms with van der Waals surface area (Å²) in [6, 6.07) is 6.59. The van der Waals surface area contributed by atoms with Crippen molar-refractivity contribution < 1.29 is 0 Å². The van der Waals surface area contributed by atoms with Gasteiger partial charge in [0.05, 0.1) is 0 Å². The summed E-state index contributed by atoms with van der Waals surface area (Å²) in [5.41, 5.74) is 9.09. The molecule has 0 radical (unpaired) electrons. The third kappa shape index (κ3) is 1.42. The Morgan fingerprint density at radius 3 is 2.85 bits per heavy atom. The maximum absolute atomic E-state index is 6.17. The summed E-state index contributed by atoms with van der Waals surface area (Å²) < 4.78 is 1.12. The van der Waals surface area contributed by atoms with Crippen LogP contribution in [0, 0.1) is 5.41 Å². The molecule has 1 atom stereocenters. The predicted molar refractivity (Wildman–Crippen MR) is 58.6 cm³/mol. The molecule has 1 aliphatic rings. The van der Waals surface area contributed by atoms with Crippen molar-refractivity contribution in [3.8, 4) is 0 Å². The van der Waals surface area contributed by atoms with E-state index in [0.29, 0.717) is 0 Å². The number of hydrogen-bond acceptors (Lipinski definition) is 1. The molecular weight excluding hydrogens is 226 g/mol. The maximum atomic E-state index is 6.17. The molecule has 1 unspecified atom stereocenters. The largest absolute Gasteiger partial charge is 0.323 e. The molecule has 0 saturated carbocycles. The number of halogens is 1. The van der Waals surface area contributed by atoms with Gasteiger partial charge in [-0.25, -0.2) is 0 Å². The monoisotopic (exact) mass is 239 g/mol. The highest BCUT2D eigenvalue weighted by Crippen LogP contribution is 2.44. The molecule has 1 aromatic carbocycles. The third-order valence-electron chi connectivity index (χ3n) is 2.93. The molecule has 0 bridgehead atoms. The van der Waals surface area contributed by atoms with Crippen LogP contribution in [0.3, 0.4) is 0 Å². The fourth-order valence-corrected chi connectivity index (χ4v) is 2.42. The van der Waals surface area contributed by atoms with E-state index < -0.39 is 0 Å². The van der Waals surface area contributed by atoms with E-state index in [9.17, 15) is 0 Å². The molecular formula is C11H14BrN. The van der Waals surface area contributed by atoms with Crippen LogP contribution in [0.5, 0.6) is 0 Å². The second kappa shape index (κ2) is 2.82. The summed E-state index contributed by atoms with van der Waals surface area (Å²) in [4.78, 5) is 0. The Labute approximate surface area is 87.5 Å². The lowest BCUT2D eigenvalue weighted by atomic mass is 9.86. The van der Waals surface area contributed by atoms with E-state index in [0.717, 1.165) is 10.9 Å². The first-order chi connectivity index (χ1) is 6.00. The average Bonchev–Trinajstić information content (AvgIpc) is 2.26. The van der Waals surface area contributed by atoms with Crippen molar-refractivity contribution in [1.82, 2.24) is 0 Å². The third-order valence-corrected chi connectivity index (χ3v) is 3.42. The SMILES string of the molecule is CC1(C)Cc2ccc(Br)cc2C1N. The molecule has 0 aliphatic heterocycles. The molecule has 1 nitrogen and oxygen atoms in total. The first-order valence-corrected chi connectivity index (χ1v) is 5.34. The van der Waals surface area contributed by atoms with Crippen LogP contribution in [-0.2, 0) is 6.42 Å². The van der Waals surface area contributed by atoms with Crippen LogP contribution in [-0.4, -0.2) is 0 Å². The van der Waals surface area contributed by atoms with Gasteiger partial charge in [-0.1, -0.05) is 35.8 Å². The van der Waals surface area contributed by atoms with E-state index in [-0.39, 0.29) is 11.5 Å². The summed E-state index contributed by atoms with van der Waals surface area (Å²) in [5, 5.41) is 0. The molecule has 0 aromatic heterocycles. The highest BCUT2D eigenvalue weighted by molar-refractivity contribution is 9.10. The van der Waals surface area contributed by atoms with Gasteiger partial charge in [-0.15, -0.1) is 0 Å². The Morgan fingerprint density at radius 1 is 1.46 bits per heavy atom. The van der Waals surface area contributed by atoms with Crippen LogP contribution in [0.1, 0.15) is 31.0 Å². The van der Waals surface area contributed by atoms with Crippen LogP contribution >= 0.6 is 15.9 Å². The van der Waals surface area contributed by atoms with Crippen molar-refractivity contribution >= 4 is 15.9 Å². The topological polar surface area (TPSA) is 26.0 Å². The van der Waals surface area contributed by atoms with Crippen molar-refractivity contribution in [3.63, 3.8) is 0 Å². The zero-order chi connectivity index (χ0) is 9.64. The Morgan fingerprint density at radius 2 is 2.15 bits per heavy atom. The lowest BCUT2D eigenvalue weighted by Gasteiger charge is -2.23. The summed E-state index contributed by atoms with van der Waals surface area (Å²) in [6.07, 6.45) is 1.09. The molecule has 2 N–H and O–H groups in total. The van der Waals surface area contributed by atoms with Crippen molar-refractivity contribution in [2.75, 3.05) is 0 Å². The molecule has 0 heterocycles.